The molecule has 0 aliphatic heterocycles. The summed E-state index contributed by atoms with van der Waals surface area (Å²) in [6.45, 7) is -5.17. The van der Waals surface area contributed by atoms with E-state index in [-0.39, 0.29) is 12.1 Å². The largest absolute Gasteiger partial charge is 0.460 e. The van der Waals surface area contributed by atoms with Crippen LogP contribution >= 0.6 is 0 Å². The maximum atomic E-state index is 14.4. The average molecular weight is 1320 g/mol. The average Bonchev–Trinajstić information content (AvgIpc) is 3.27. The van der Waals surface area contributed by atoms with E-state index in [0.717, 1.165) is 0 Å². The maximum Gasteiger partial charge on any atom is 0.460 e. The molecule has 0 heterocycles. The van der Waals surface area contributed by atoms with E-state index in [2.05, 4.69) is 9.47 Å². The van der Waals surface area contributed by atoms with Crippen molar-refractivity contribution in [3.8, 4) is 0 Å². The van der Waals surface area contributed by atoms with Crippen molar-refractivity contribution in [2.45, 2.75) is 144 Å². The summed E-state index contributed by atoms with van der Waals surface area (Å²) in [5.41, 5.74) is -3.31. The van der Waals surface area contributed by atoms with Gasteiger partial charge in [0.25, 0.3) is 0 Å². The van der Waals surface area contributed by atoms with Gasteiger partial charge in [-0.3, -0.25) is 0 Å². The van der Waals surface area contributed by atoms with Gasteiger partial charge in [0.1, 0.15) is 13.2 Å². The van der Waals surface area contributed by atoms with Crippen molar-refractivity contribution in [1.82, 2.24) is 0 Å². The molecule has 0 saturated heterocycles. The highest BCUT2D eigenvalue weighted by atomic mass is 19.5. The number of carbonyl (C=O) groups is 2. The van der Waals surface area contributed by atoms with Crippen LogP contribution in [0.15, 0.2) is 24.3 Å². The predicted octanol–water partition coefficient (Wildman–Crippen LogP) is 14.1. The quantitative estimate of drug-likeness (QED) is 0.0709. The van der Waals surface area contributed by atoms with E-state index in [9.17, 15) is 204 Å². The summed E-state index contributed by atoms with van der Waals surface area (Å²) in [6, 6.07) is 1.14. The summed E-state index contributed by atoms with van der Waals surface area (Å²) in [5, 5.41) is 19.1. The topological polar surface area (TPSA) is 93.1 Å². The normalized spacial score (nSPS) is 16.7. The van der Waals surface area contributed by atoms with Gasteiger partial charge in [0.05, 0.1) is 23.3 Å². The fraction of sp³-hybridized carbons (Fsp3) is 0.765. The first-order valence-electron chi connectivity index (χ1n) is 19.0. The minimum atomic E-state index is -9.57. The number of aliphatic hydroxyl groups is 2. The molecule has 0 amide bonds. The van der Waals surface area contributed by atoms with Crippen LogP contribution < -0.4 is 0 Å². The number of halogens is 42. The smallest absolute Gasteiger partial charge is 0.459 e. The van der Waals surface area contributed by atoms with Crippen molar-refractivity contribution in [1.29, 1.82) is 0 Å². The molecule has 0 aliphatic carbocycles. The summed E-state index contributed by atoms with van der Waals surface area (Å²) in [7, 11) is 0. The van der Waals surface area contributed by atoms with Crippen LogP contribution in [0.2, 0.25) is 0 Å². The number of hydrogen-bond acceptors (Lipinski definition) is 6. The number of carbonyl (C=O) groups excluding carboxylic acids is 2. The Morgan fingerprint density at radius 3 is 0.622 bits per heavy atom. The van der Waals surface area contributed by atoms with Gasteiger partial charge >= 0.3 is 131 Å². The molecule has 0 radical (unpaired) electrons. The first-order chi connectivity index (χ1) is 35.3. The molecule has 2 unspecified atom stereocenters. The lowest BCUT2D eigenvalue weighted by atomic mass is 9.85. The van der Waals surface area contributed by atoms with Gasteiger partial charge in [-0.2, -0.15) is 184 Å². The van der Waals surface area contributed by atoms with Crippen LogP contribution in [0.1, 0.15) is 33.6 Å². The molecule has 0 spiro atoms. The summed E-state index contributed by atoms with van der Waals surface area (Å²) in [5.74, 6) is -167. The Morgan fingerprint density at radius 2 is 0.451 bits per heavy atom. The molecule has 0 aliphatic rings. The summed E-state index contributed by atoms with van der Waals surface area (Å²) >= 11 is 0. The summed E-state index contributed by atoms with van der Waals surface area (Å²) in [6.07, 6.45) is -32.1. The zero-order valence-electron chi connectivity index (χ0n) is 36.7. The van der Waals surface area contributed by atoms with E-state index >= 15 is 0 Å². The molecule has 0 fully saturated rings. The Labute approximate surface area is 419 Å². The van der Waals surface area contributed by atoms with Crippen LogP contribution in [0.5, 0.6) is 0 Å². The Morgan fingerprint density at radius 1 is 0.293 bits per heavy atom. The van der Waals surface area contributed by atoms with Crippen LogP contribution in [-0.2, 0) is 9.47 Å². The minimum Gasteiger partial charge on any atom is -0.459 e. The standard InChI is InChI=1S/C34H16F42O6/c35-15(36,17(39,40)19(43,44)21(47,48)23(51,52)25(55,56)27(59,60)29(63,64)31(67,68)33(71,72)73)5-9(77)7-81-13(79)11-3-1-2-4-12(11)14(80)82-8-10(78)6-16(37,38)18(41,42)20(45,46)22(49,50)24(53,54)26(57,58)28(61,62)30(65,66)32(69,70)34(74,75)76/h1-4,9-10,77-78H,5-8H2. The van der Waals surface area contributed by atoms with Gasteiger partial charge in [-0.05, 0) is 12.1 Å². The summed E-state index contributed by atoms with van der Waals surface area (Å²) < 4.78 is 580. The highest BCUT2D eigenvalue weighted by molar-refractivity contribution is 6.03. The van der Waals surface area contributed by atoms with Crippen molar-refractivity contribution >= 4 is 11.9 Å². The minimum absolute atomic E-state index is 0.113. The number of hydrogen-bond donors (Lipinski definition) is 2. The molecule has 482 valence electrons. The summed E-state index contributed by atoms with van der Waals surface area (Å²) in [4.78, 5) is 24.9. The molecular formula is C34H16F42O6. The van der Waals surface area contributed by atoms with Crippen LogP contribution in [0.3, 0.4) is 0 Å². The number of rotatable bonds is 26. The van der Waals surface area contributed by atoms with Gasteiger partial charge in [0.2, 0.25) is 0 Å². The molecule has 0 bridgehead atoms. The van der Waals surface area contributed by atoms with Crippen molar-refractivity contribution in [2.75, 3.05) is 13.2 Å². The number of alkyl halides is 42. The Balaban J connectivity index is 3.42. The lowest BCUT2D eigenvalue weighted by molar-refractivity contribution is -0.474. The molecule has 0 aromatic heterocycles. The van der Waals surface area contributed by atoms with E-state index in [1.165, 1.54) is 0 Å². The Hall–Kier alpha value is -4.86. The SMILES string of the molecule is O=C(OCC(O)CC(F)(F)C(F)(F)C(F)(F)C(F)(F)C(F)(F)C(F)(F)C(F)(F)C(F)(F)C(F)(F)C(F)(F)F)c1ccccc1C(=O)OCC(O)CC(F)(F)C(F)(F)C(F)(F)C(F)(F)C(F)(F)C(F)(F)C(F)(F)C(F)(F)C(F)(F)C(F)(F)F. The Bertz CT molecular complexity index is 2270. The maximum absolute atomic E-state index is 14.4. The fourth-order valence-corrected chi connectivity index (χ4v) is 5.49. The van der Waals surface area contributed by atoms with Gasteiger partial charge in [0.15, 0.2) is 0 Å². The fourth-order valence-electron chi connectivity index (χ4n) is 5.49. The molecule has 2 atom stereocenters. The van der Waals surface area contributed by atoms with Gasteiger partial charge in [0, 0.05) is 12.8 Å². The molecule has 0 saturated carbocycles. The molecule has 1 rings (SSSR count). The van der Waals surface area contributed by atoms with Crippen LogP contribution in [0.4, 0.5) is 184 Å². The number of benzene rings is 1. The predicted molar refractivity (Wildman–Crippen MR) is 169 cm³/mol. The van der Waals surface area contributed by atoms with E-state index in [1.54, 1.807) is 0 Å². The molecule has 2 N–H and O–H groups in total. The lowest BCUT2D eigenvalue weighted by Gasteiger charge is -2.44. The van der Waals surface area contributed by atoms with Crippen LogP contribution in [0.25, 0.3) is 0 Å². The molecule has 1 aromatic rings. The third-order valence-corrected chi connectivity index (χ3v) is 10.3. The number of ether oxygens (including phenoxy) is 2. The zero-order chi connectivity index (χ0) is 66.5. The molecular weight excluding hydrogens is 1300 g/mol. The van der Waals surface area contributed by atoms with Crippen molar-refractivity contribution in [3.63, 3.8) is 0 Å². The highest BCUT2D eigenvalue weighted by Gasteiger charge is 3.00. The van der Waals surface area contributed by atoms with E-state index in [1.807, 2.05) is 0 Å². The van der Waals surface area contributed by atoms with Crippen molar-refractivity contribution in [3.05, 3.63) is 35.4 Å². The third kappa shape index (κ3) is 10.7. The second-order valence-electron chi connectivity index (χ2n) is 16.1. The van der Waals surface area contributed by atoms with Crippen molar-refractivity contribution in [2.24, 2.45) is 0 Å². The van der Waals surface area contributed by atoms with E-state index < -0.39 is 180 Å². The first kappa shape index (κ1) is 75.2. The second-order valence-corrected chi connectivity index (χ2v) is 16.1. The molecule has 48 heteroatoms. The van der Waals surface area contributed by atoms with E-state index in [0.29, 0.717) is 12.1 Å². The molecule has 82 heavy (non-hydrogen) atoms. The van der Waals surface area contributed by atoms with E-state index in [4.69, 9.17) is 0 Å². The molecule has 1 aromatic carbocycles. The van der Waals surface area contributed by atoms with Gasteiger partial charge in [-0.1, -0.05) is 12.1 Å². The second kappa shape index (κ2) is 21.0. The first-order valence-corrected chi connectivity index (χ1v) is 19.0. The van der Waals surface area contributed by atoms with Gasteiger partial charge in [-0.15, -0.1) is 0 Å². The Kier molecular flexibility index (Phi) is 19.2. The number of aliphatic hydroxyl groups excluding tert-OH is 2. The van der Waals surface area contributed by atoms with Crippen LogP contribution in [0, 0.1) is 0 Å². The lowest BCUT2D eigenvalue weighted by Crippen LogP contribution is -2.76. The third-order valence-electron chi connectivity index (χ3n) is 10.3. The molecule has 6 nitrogen and oxygen atoms in total. The number of esters is 2. The highest BCUT2D eigenvalue weighted by Crippen LogP contribution is 2.69. The van der Waals surface area contributed by atoms with Crippen LogP contribution in [-0.4, -0.2) is 167 Å². The zero-order valence-corrected chi connectivity index (χ0v) is 36.7. The van der Waals surface area contributed by atoms with Gasteiger partial charge in [-0.25, -0.2) is 9.59 Å². The van der Waals surface area contributed by atoms with Crippen molar-refractivity contribution < 1.29 is 214 Å². The van der Waals surface area contributed by atoms with Gasteiger partial charge < -0.3 is 19.7 Å². The monoisotopic (exact) mass is 1320 g/mol.